The minimum absolute atomic E-state index is 0.0286. The molecule has 0 saturated heterocycles. The van der Waals surface area contributed by atoms with Gasteiger partial charge in [-0.15, -0.1) is 0 Å². The lowest BCUT2D eigenvalue weighted by Crippen LogP contribution is -2.55. The summed E-state index contributed by atoms with van der Waals surface area (Å²) in [6, 6.07) is 61.1. The van der Waals surface area contributed by atoms with Crippen LogP contribution in [-0.2, 0) is 5.41 Å². The Hall–Kier alpha value is -7.51. The van der Waals surface area contributed by atoms with Crippen molar-refractivity contribution in [1.29, 1.82) is 0 Å². The maximum absolute atomic E-state index is 5.41. The van der Waals surface area contributed by atoms with Gasteiger partial charge >= 0.3 is 0 Å². The number of pyridine rings is 1. The molecule has 5 aliphatic carbocycles. The fraction of sp³-hybridized carbons (Fsp3) is 0.175. The molecule has 1 spiro atoms. The average Bonchev–Trinajstić information content (AvgIpc) is 3.67. The van der Waals surface area contributed by atoms with Gasteiger partial charge in [0.2, 0.25) is 0 Å². The molecule has 0 radical (unpaired) electrons. The van der Waals surface area contributed by atoms with Gasteiger partial charge in [-0.2, -0.15) is 0 Å². The van der Waals surface area contributed by atoms with Crippen LogP contribution in [0.3, 0.4) is 0 Å². The van der Waals surface area contributed by atoms with E-state index < -0.39 is 0 Å². The first-order valence-corrected chi connectivity index (χ1v) is 22.7. The predicted octanol–water partition coefficient (Wildman–Crippen LogP) is 12.8. The van der Waals surface area contributed by atoms with E-state index in [-0.39, 0.29) is 5.41 Å². The standard InChI is InChI=1S/C57H43N7/c1-5-16-37(17-6-1)51-59-52(38-18-7-2-8-19-38)62-55(61-51)48-33-41(34-49(58-48)56-63-53(39-20-9-3-10-21-39)60-54(64-56)40-22-11-4-12-23-40)44-25-15-27-47-50(44)45-24-13-14-26-46(45)57(47)42-29-35-28-36(31-42)32-43(57)30-35/h1-27,33-36,42-43H,28-32H2. The van der Waals surface area contributed by atoms with Crippen molar-refractivity contribution in [3.63, 3.8) is 0 Å². The van der Waals surface area contributed by atoms with Crippen molar-refractivity contribution in [2.24, 2.45) is 23.7 Å². The van der Waals surface area contributed by atoms with Crippen molar-refractivity contribution in [3.05, 3.63) is 187 Å². The fourth-order valence-corrected chi connectivity index (χ4v) is 12.2. The molecule has 0 amide bonds. The molecule has 7 heteroatoms. The third-order valence-corrected chi connectivity index (χ3v) is 14.6. The molecule has 64 heavy (non-hydrogen) atoms. The van der Waals surface area contributed by atoms with Crippen molar-refractivity contribution in [2.75, 3.05) is 0 Å². The van der Waals surface area contributed by atoms with E-state index in [4.69, 9.17) is 34.9 Å². The first-order valence-electron chi connectivity index (χ1n) is 22.7. The van der Waals surface area contributed by atoms with E-state index in [0.717, 1.165) is 39.7 Å². The Morgan fingerprint density at radius 2 is 0.688 bits per heavy atom. The second-order valence-corrected chi connectivity index (χ2v) is 18.2. The highest BCUT2D eigenvalue weighted by Crippen LogP contribution is 2.70. The smallest absolute Gasteiger partial charge is 0.182 e. The summed E-state index contributed by atoms with van der Waals surface area (Å²) in [7, 11) is 0. The van der Waals surface area contributed by atoms with Crippen LogP contribution < -0.4 is 0 Å². The van der Waals surface area contributed by atoms with Crippen LogP contribution in [0.25, 0.3) is 90.8 Å². The van der Waals surface area contributed by atoms with Crippen LogP contribution in [0, 0.1) is 23.7 Å². The molecule has 4 fully saturated rings. The largest absolute Gasteiger partial charge is 0.241 e. The molecule has 6 aromatic carbocycles. The molecular formula is C57H43N7. The summed E-state index contributed by atoms with van der Waals surface area (Å²) in [5.74, 6) is 6.29. The van der Waals surface area contributed by atoms with Crippen LogP contribution in [0.5, 0.6) is 0 Å². The van der Waals surface area contributed by atoms with Crippen molar-refractivity contribution < 1.29 is 0 Å². The number of nitrogens with zero attached hydrogens (tertiary/aromatic N) is 7. The molecule has 0 aliphatic heterocycles. The summed E-state index contributed by atoms with van der Waals surface area (Å²) in [4.78, 5) is 36.2. The van der Waals surface area contributed by atoms with E-state index in [2.05, 4.69) is 54.6 Å². The normalized spacial score (nSPS) is 21.2. The SMILES string of the molecule is c1ccc(-c2nc(-c3ccccc3)nc(-c3cc(-c4cccc5c4-c4ccccc4C54C5CC6CC(C5)CC4C6)cc(-c4nc(-c5ccccc5)nc(-c5ccccc5)n4)n3)n2)cc1. The van der Waals surface area contributed by atoms with Gasteiger partial charge < -0.3 is 0 Å². The van der Waals surface area contributed by atoms with Crippen LogP contribution in [0.2, 0.25) is 0 Å². The predicted molar refractivity (Wildman–Crippen MR) is 252 cm³/mol. The second kappa shape index (κ2) is 14.8. The summed E-state index contributed by atoms with van der Waals surface area (Å²) in [6.07, 6.45) is 6.73. The van der Waals surface area contributed by atoms with E-state index in [0.29, 0.717) is 58.2 Å². The van der Waals surface area contributed by atoms with Gasteiger partial charge in [-0.3, -0.25) is 0 Å². The summed E-state index contributed by atoms with van der Waals surface area (Å²) in [6.45, 7) is 0. The number of hydrogen-bond acceptors (Lipinski definition) is 7. The zero-order chi connectivity index (χ0) is 42.2. The molecule has 9 aromatic rings. The first kappa shape index (κ1) is 37.1. The lowest BCUT2D eigenvalue weighted by molar-refractivity contribution is -0.0399. The number of aromatic nitrogens is 7. The van der Waals surface area contributed by atoms with E-state index in [1.165, 1.54) is 59.9 Å². The van der Waals surface area contributed by atoms with Crippen LogP contribution in [-0.4, -0.2) is 34.9 Å². The molecule has 306 valence electrons. The van der Waals surface area contributed by atoms with Crippen LogP contribution in [0.1, 0.15) is 43.2 Å². The van der Waals surface area contributed by atoms with Gasteiger partial charge in [0.05, 0.1) is 0 Å². The first-order chi connectivity index (χ1) is 31.7. The monoisotopic (exact) mass is 825 g/mol. The lowest BCUT2D eigenvalue weighted by atomic mass is 9.43. The van der Waals surface area contributed by atoms with E-state index in [1.54, 1.807) is 0 Å². The Morgan fingerprint density at radius 3 is 1.14 bits per heavy atom. The Labute approximate surface area is 372 Å². The lowest BCUT2D eigenvalue weighted by Gasteiger charge is -2.61. The summed E-state index contributed by atoms with van der Waals surface area (Å²) in [5.41, 5.74) is 12.7. The molecule has 5 aliphatic rings. The minimum atomic E-state index is 0.0286. The third kappa shape index (κ3) is 5.98. The van der Waals surface area contributed by atoms with Gasteiger partial charge in [-0.05, 0) is 101 Å². The third-order valence-electron chi connectivity index (χ3n) is 14.6. The van der Waals surface area contributed by atoms with Gasteiger partial charge in [0.1, 0.15) is 11.4 Å². The minimum Gasteiger partial charge on any atom is -0.241 e. The number of fused-ring (bicyclic) bond motifs is 3. The maximum Gasteiger partial charge on any atom is 0.182 e. The average molecular weight is 826 g/mol. The number of hydrogen-bond donors (Lipinski definition) is 0. The summed E-state index contributed by atoms with van der Waals surface area (Å²) >= 11 is 0. The molecule has 4 saturated carbocycles. The number of benzene rings is 6. The molecule has 0 unspecified atom stereocenters. The molecule has 4 bridgehead atoms. The quantitative estimate of drug-likeness (QED) is 0.158. The van der Waals surface area contributed by atoms with Crippen molar-refractivity contribution in [1.82, 2.24) is 34.9 Å². The maximum atomic E-state index is 5.41. The number of rotatable bonds is 7. The zero-order valence-corrected chi connectivity index (χ0v) is 35.2. The van der Waals surface area contributed by atoms with E-state index in [1.807, 2.05) is 121 Å². The highest BCUT2D eigenvalue weighted by Gasteiger charge is 2.61. The molecular weight excluding hydrogens is 783 g/mol. The molecule has 3 heterocycles. The Kier molecular flexibility index (Phi) is 8.58. The van der Waals surface area contributed by atoms with Crippen LogP contribution in [0.15, 0.2) is 176 Å². The van der Waals surface area contributed by atoms with Gasteiger partial charge in [-0.25, -0.2) is 34.9 Å². The van der Waals surface area contributed by atoms with E-state index >= 15 is 0 Å². The van der Waals surface area contributed by atoms with Gasteiger partial charge in [0, 0.05) is 27.7 Å². The molecule has 14 rings (SSSR count). The fourth-order valence-electron chi connectivity index (χ4n) is 12.2. The molecule has 3 aromatic heterocycles. The van der Waals surface area contributed by atoms with Crippen molar-refractivity contribution in [2.45, 2.75) is 37.5 Å². The highest BCUT2D eigenvalue weighted by atomic mass is 15.1. The Bertz CT molecular complexity index is 2940. The highest BCUT2D eigenvalue weighted by molar-refractivity contribution is 5.94. The van der Waals surface area contributed by atoms with Gasteiger partial charge in [0.25, 0.3) is 0 Å². The van der Waals surface area contributed by atoms with Gasteiger partial charge in [-0.1, -0.05) is 164 Å². The van der Waals surface area contributed by atoms with Crippen molar-refractivity contribution >= 4 is 0 Å². The summed E-state index contributed by atoms with van der Waals surface area (Å²) < 4.78 is 0. The van der Waals surface area contributed by atoms with Gasteiger partial charge in [0.15, 0.2) is 34.9 Å². The second-order valence-electron chi connectivity index (χ2n) is 18.2. The molecule has 0 atom stereocenters. The van der Waals surface area contributed by atoms with Crippen LogP contribution >= 0.6 is 0 Å². The molecule has 7 nitrogen and oxygen atoms in total. The Morgan fingerprint density at radius 1 is 0.312 bits per heavy atom. The molecule has 0 N–H and O–H groups in total. The van der Waals surface area contributed by atoms with Crippen molar-refractivity contribution in [3.8, 4) is 90.8 Å². The zero-order valence-electron chi connectivity index (χ0n) is 35.2. The van der Waals surface area contributed by atoms with E-state index in [9.17, 15) is 0 Å². The Balaban J connectivity index is 1.07. The van der Waals surface area contributed by atoms with Crippen LogP contribution in [0.4, 0.5) is 0 Å². The summed E-state index contributed by atoms with van der Waals surface area (Å²) in [5, 5.41) is 0. The topological polar surface area (TPSA) is 90.2 Å².